The summed E-state index contributed by atoms with van der Waals surface area (Å²) in [5, 5.41) is 2.75. The molecule has 2 aromatic carbocycles. The van der Waals surface area contributed by atoms with Crippen LogP contribution >= 0.6 is 11.8 Å². The molecule has 0 radical (unpaired) electrons. The number of anilines is 1. The maximum atomic E-state index is 12.5. The summed E-state index contributed by atoms with van der Waals surface area (Å²) >= 11 is 1.59. The molecule has 0 bridgehead atoms. The van der Waals surface area contributed by atoms with Gasteiger partial charge >= 0.3 is 0 Å². The molecule has 122 valence electrons. The van der Waals surface area contributed by atoms with E-state index < -0.39 is 0 Å². The van der Waals surface area contributed by atoms with E-state index >= 15 is 0 Å². The van der Waals surface area contributed by atoms with Gasteiger partial charge in [0.05, 0.1) is 18.0 Å². The van der Waals surface area contributed by atoms with Crippen LogP contribution in [0.1, 0.15) is 23.6 Å². The Morgan fingerprint density at radius 1 is 1.13 bits per heavy atom. The Hall–Kier alpha value is -1.94. The quantitative estimate of drug-likeness (QED) is 0.805. The van der Waals surface area contributed by atoms with Crippen LogP contribution in [-0.4, -0.2) is 18.3 Å². The van der Waals surface area contributed by atoms with Crippen LogP contribution in [0.4, 0.5) is 5.69 Å². The first-order valence-corrected chi connectivity index (χ1v) is 8.48. The van der Waals surface area contributed by atoms with Gasteiger partial charge in [-0.15, -0.1) is 11.8 Å². The van der Waals surface area contributed by atoms with Gasteiger partial charge in [0, 0.05) is 4.90 Å². The van der Waals surface area contributed by atoms with Gasteiger partial charge in [0.15, 0.2) is 0 Å². The lowest BCUT2D eigenvalue weighted by Gasteiger charge is -2.17. The van der Waals surface area contributed by atoms with Gasteiger partial charge in [-0.2, -0.15) is 0 Å². The average Bonchev–Trinajstić information content (AvgIpc) is 2.51. The van der Waals surface area contributed by atoms with Crippen molar-refractivity contribution in [2.75, 3.05) is 12.4 Å². The number of amides is 1. The largest absolute Gasteiger partial charge is 0.495 e. The Labute approximate surface area is 142 Å². The number of para-hydroxylation sites is 2. The van der Waals surface area contributed by atoms with E-state index in [2.05, 4.69) is 38.2 Å². The van der Waals surface area contributed by atoms with Gasteiger partial charge in [0.25, 0.3) is 0 Å². The second-order valence-electron chi connectivity index (χ2n) is 5.68. The molecule has 0 unspecified atom stereocenters. The second kappa shape index (κ2) is 7.55. The molecular formula is C19H23NO2S. The van der Waals surface area contributed by atoms with Gasteiger partial charge < -0.3 is 10.1 Å². The Morgan fingerprint density at radius 3 is 2.35 bits per heavy atom. The van der Waals surface area contributed by atoms with Gasteiger partial charge in [-0.25, -0.2) is 0 Å². The molecule has 0 spiro atoms. The zero-order chi connectivity index (χ0) is 17.0. The van der Waals surface area contributed by atoms with Crippen LogP contribution in [0, 0.1) is 20.8 Å². The van der Waals surface area contributed by atoms with Crippen LogP contribution in [0.2, 0.25) is 0 Å². The Bertz CT molecular complexity index is 689. The number of rotatable bonds is 5. The lowest BCUT2D eigenvalue weighted by Crippen LogP contribution is -2.22. The van der Waals surface area contributed by atoms with Crippen LogP contribution in [-0.2, 0) is 4.79 Å². The molecule has 0 aliphatic heterocycles. The molecular weight excluding hydrogens is 306 g/mol. The summed E-state index contributed by atoms with van der Waals surface area (Å²) in [6.07, 6.45) is 0. The predicted octanol–water partition coefficient (Wildman–Crippen LogP) is 4.74. The third-order valence-electron chi connectivity index (χ3n) is 3.63. The molecule has 0 saturated heterocycles. The zero-order valence-electron chi connectivity index (χ0n) is 14.3. The molecule has 1 N–H and O–H groups in total. The maximum absolute atomic E-state index is 12.5. The van der Waals surface area contributed by atoms with Crippen molar-refractivity contribution >= 4 is 23.4 Å². The highest BCUT2D eigenvalue weighted by molar-refractivity contribution is 8.00. The van der Waals surface area contributed by atoms with Gasteiger partial charge in [-0.05, 0) is 51.0 Å². The van der Waals surface area contributed by atoms with E-state index in [0.29, 0.717) is 11.4 Å². The van der Waals surface area contributed by atoms with Crippen molar-refractivity contribution in [1.29, 1.82) is 0 Å². The van der Waals surface area contributed by atoms with E-state index in [0.717, 1.165) is 0 Å². The Morgan fingerprint density at radius 2 is 1.74 bits per heavy atom. The Balaban J connectivity index is 2.12. The third kappa shape index (κ3) is 4.29. The van der Waals surface area contributed by atoms with Crippen molar-refractivity contribution in [1.82, 2.24) is 0 Å². The van der Waals surface area contributed by atoms with Crippen LogP contribution in [0.3, 0.4) is 0 Å². The van der Waals surface area contributed by atoms with E-state index in [1.54, 1.807) is 18.9 Å². The summed E-state index contributed by atoms with van der Waals surface area (Å²) in [5.41, 5.74) is 4.37. The normalized spacial score (nSPS) is 11.9. The number of aryl methyl sites for hydroxylation is 3. The smallest absolute Gasteiger partial charge is 0.237 e. The van der Waals surface area contributed by atoms with Crippen molar-refractivity contribution in [2.24, 2.45) is 0 Å². The van der Waals surface area contributed by atoms with Gasteiger partial charge in [0.2, 0.25) is 5.91 Å². The highest BCUT2D eigenvalue weighted by Crippen LogP contribution is 2.32. The molecule has 0 heterocycles. The molecule has 4 heteroatoms. The van der Waals surface area contributed by atoms with E-state index in [-0.39, 0.29) is 11.2 Å². The highest BCUT2D eigenvalue weighted by atomic mass is 32.2. The van der Waals surface area contributed by atoms with Crippen molar-refractivity contribution in [3.63, 3.8) is 0 Å². The topological polar surface area (TPSA) is 38.3 Å². The van der Waals surface area contributed by atoms with Crippen LogP contribution < -0.4 is 10.1 Å². The molecule has 23 heavy (non-hydrogen) atoms. The summed E-state index contributed by atoms with van der Waals surface area (Å²) in [5.74, 6) is 0.639. The number of nitrogens with one attached hydrogen (secondary N) is 1. The van der Waals surface area contributed by atoms with Crippen molar-refractivity contribution in [3.8, 4) is 5.75 Å². The number of carbonyl (C=O) groups excluding carboxylic acids is 1. The molecule has 3 nitrogen and oxygen atoms in total. The zero-order valence-corrected chi connectivity index (χ0v) is 15.1. The summed E-state index contributed by atoms with van der Waals surface area (Å²) < 4.78 is 5.27. The monoisotopic (exact) mass is 329 g/mol. The molecule has 2 aromatic rings. The van der Waals surface area contributed by atoms with Gasteiger partial charge in [-0.3, -0.25) is 4.79 Å². The fourth-order valence-electron chi connectivity index (χ4n) is 2.57. The average molecular weight is 329 g/mol. The first-order valence-electron chi connectivity index (χ1n) is 7.60. The van der Waals surface area contributed by atoms with Gasteiger partial charge in [-0.1, -0.05) is 29.8 Å². The predicted molar refractivity (Wildman–Crippen MR) is 97.6 cm³/mol. The molecule has 0 aliphatic carbocycles. The fourth-order valence-corrected chi connectivity index (χ4v) is 3.57. The van der Waals surface area contributed by atoms with E-state index in [9.17, 15) is 4.79 Å². The number of thioether (sulfide) groups is 1. The number of methoxy groups -OCH3 is 1. The lowest BCUT2D eigenvalue weighted by atomic mass is 10.1. The molecule has 0 fully saturated rings. The lowest BCUT2D eigenvalue weighted by molar-refractivity contribution is -0.115. The third-order valence-corrected chi connectivity index (χ3v) is 5.08. The van der Waals surface area contributed by atoms with E-state index in [1.165, 1.54) is 21.6 Å². The number of hydrogen-bond donors (Lipinski definition) is 1. The fraction of sp³-hybridized carbons (Fsp3) is 0.316. The number of ether oxygens (including phenoxy) is 1. The minimum atomic E-state index is -0.194. The van der Waals surface area contributed by atoms with Crippen molar-refractivity contribution in [2.45, 2.75) is 37.8 Å². The van der Waals surface area contributed by atoms with Crippen LogP contribution in [0.5, 0.6) is 5.75 Å². The van der Waals surface area contributed by atoms with Gasteiger partial charge in [0.1, 0.15) is 5.75 Å². The summed E-state index contributed by atoms with van der Waals surface area (Å²) in [7, 11) is 1.60. The molecule has 0 saturated carbocycles. The number of benzene rings is 2. The molecule has 2 rings (SSSR count). The molecule has 1 amide bonds. The highest BCUT2D eigenvalue weighted by Gasteiger charge is 2.18. The number of hydrogen-bond acceptors (Lipinski definition) is 3. The standard InChI is InChI=1S/C19H23NO2S/c1-12-10-13(2)18(14(3)11-12)23-15(4)19(21)20-16-8-6-7-9-17(16)22-5/h6-11,15H,1-5H3,(H,20,21)/t15-/m1/s1. The summed E-state index contributed by atoms with van der Waals surface area (Å²) in [6.45, 7) is 8.20. The summed E-state index contributed by atoms with van der Waals surface area (Å²) in [4.78, 5) is 13.7. The maximum Gasteiger partial charge on any atom is 0.237 e. The minimum Gasteiger partial charge on any atom is -0.495 e. The van der Waals surface area contributed by atoms with Crippen LogP contribution in [0.15, 0.2) is 41.3 Å². The van der Waals surface area contributed by atoms with Crippen molar-refractivity contribution in [3.05, 3.63) is 53.1 Å². The molecule has 0 aliphatic rings. The van der Waals surface area contributed by atoms with Crippen LogP contribution in [0.25, 0.3) is 0 Å². The first-order chi connectivity index (χ1) is 10.9. The number of carbonyl (C=O) groups is 1. The SMILES string of the molecule is COc1ccccc1NC(=O)[C@@H](C)Sc1c(C)cc(C)cc1C. The second-order valence-corrected chi connectivity index (χ2v) is 7.03. The summed E-state index contributed by atoms with van der Waals surface area (Å²) in [6, 6.07) is 11.7. The minimum absolute atomic E-state index is 0.0288. The Kier molecular flexibility index (Phi) is 5.72. The molecule has 0 aromatic heterocycles. The molecule has 1 atom stereocenters. The first kappa shape index (κ1) is 17.4. The van der Waals surface area contributed by atoms with E-state index in [1.807, 2.05) is 31.2 Å². The van der Waals surface area contributed by atoms with E-state index in [4.69, 9.17) is 4.74 Å². The van der Waals surface area contributed by atoms with Crippen molar-refractivity contribution < 1.29 is 9.53 Å².